The van der Waals surface area contributed by atoms with Gasteiger partial charge in [-0.05, 0) is 6.42 Å². The van der Waals surface area contributed by atoms with Crippen LogP contribution in [0.5, 0.6) is 0 Å². The standard InChI is InChI=1S/C17H20FN5O3/c1-4-6-13-11(18)8-14(26-13)23-15-12(22(7-5-2)17(23)25)9-19-16(21-15)20-10(3)24/h2,9,11,13-14H,4,6-8H2,1,3H3,(H,19,20,21,24). The molecule has 0 aliphatic carbocycles. The summed E-state index contributed by atoms with van der Waals surface area (Å²) in [5.74, 6) is 2.12. The highest BCUT2D eigenvalue weighted by Crippen LogP contribution is 2.33. The number of halogens is 1. The maximum Gasteiger partial charge on any atom is 0.333 e. The summed E-state index contributed by atoms with van der Waals surface area (Å²) in [6.45, 7) is 3.30. The first-order valence-corrected chi connectivity index (χ1v) is 8.44. The van der Waals surface area contributed by atoms with Crippen LogP contribution < -0.4 is 11.0 Å². The fraction of sp³-hybridized carbons (Fsp3) is 0.529. The first kappa shape index (κ1) is 18.1. The zero-order valence-electron chi connectivity index (χ0n) is 14.6. The third kappa shape index (κ3) is 3.20. The van der Waals surface area contributed by atoms with Crippen LogP contribution in [0.4, 0.5) is 10.3 Å². The van der Waals surface area contributed by atoms with Gasteiger partial charge in [-0.3, -0.25) is 14.7 Å². The van der Waals surface area contributed by atoms with Crippen LogP contribution in [0.1, 0.15) is 39.3 Å². The molecule has 138 valence electrons. The monoisotopic (exact) mass is 361 g/mol. The molecule has 1 saturated heterocycles. The molecule has 1 aliphatic rings. The van der Waals surface area contributed by atoms with Gasteiger partial charge in [-0.15, -0.1) is 6.42 Å². The number of carbonyl (C=O) groups excluding carboxylic acids is 1. The Balaban J connectivity index is 2.11. The van der Waals surface area contributed by atoms with Crippen LogP contribution in [0.3, 0.4) is 0 Å². The van der Waals surface area contributed by atoms with E-state index < -0.39 is 24.2 Å². The molecule has 8 nitrogen and oxygen atoms in total. The number of imidazole rings is 1. The van der Waals surface area contributed by atoms with E-state index in [1.165, 1.54) is 22.3 Å². The Hall–Kier alpha value is -2.73. The SMILES string of the molecule is C#CCn1c(=O)n(C2CC(F)C(CCC)O2)c2nc(NC(C)=O)ncc21. The molecule has 3 atom stereocenters. The van der Waals surface area contributed by atoms with E-state index >= 15 is 0 Å². The molecular weight excluding hydrogens is 341 g/mol. The van der Waals surface area contributed by atoms with Gasteiger partial charge in [-0.2, -0.15) is 4.98 Å². The number of carbonyl (C=O) groups is 1. The number of fused-ring (bicyclic) bond motifs is 1. The lowest BCUT2D eigenvalue weighted by Gasteiger charge is -2.14. The molecular formula is C17H20FN5O3. The van der Waals surface area contributed by atoms with Crippen LogP contribution >= 0.6 is 0 Å². The van der Waals surface area contributed by atoms with Gasteiger partial charge >= 0.3 is 5.69 Å². The van der Waals surface area contributed by atoms with Crippen molar-refractivity contribution < 1.29 is 13.9 Å². The molecule has 9 heteroatoms. The molecule has 2 aromatic rings. The quantitative estimate of drug-likeness (QED) is 0.817. The van der Waals surface area contributed by atoms with Crippen LogP contribution in [0, 0.1) is 12.3 Å². The Bertz CT molecular complexity index is 929. The topological polar surface area (TPSA) is 91.0 Å². The Kier molecular flexibility index (Phi) is 5.04. The predicted molar refractivity (Wildman–Crippen MR) is 93.3 cm³/mol. The summed E-state index contributed by atoms with van der Waals surface area (Å²) >= 11 is 0. The summed E-state index contributed by atoms with van der Waals surface area (Å²) < 4.78 is 22.7. The van der Waals surface area contributed by atoms with E-state index in [-0.39, 0.29) is 30.5 Å². The summed E-state index contributed by atoms with van der Waals surface area (Å²) in [5.41, 5.74) is 0.208. The Labute approximate surface area is 149 Å². The van der Waals surface area contributed by atoms with E-state index in [9.17, 15) is 14.0 Å². The lowest BCUT2D eigenvalue weighted by atomic mass is 10.1. The average Bonchev–Trinajstić information content (AvgIpc) is 3.06. The first-order valence-electron chi connectivity index (χ1n) is 8.44. The van der Waals surface area contributed by atoms with Crippen molar-refractivity contribution in [2.24, 2.45) is 0 Å². The number of terminal acetylenes is 1. The normalized spacial score (nSPS) is 22.5. The second-order valence-electron chi connectivity index (χ2n) is 6.20. The largest absolute Gasteiger partial charge is 0.351 e. The number of ether oxygens (including phenoxy) is 1. The molecule has 1 amide bonds. The molecule has 1 aliphatic heterocycles. The van der Waals surface area contributed by atoms with Crippen LogP contribution in [-0.2, 0) is 16.1 Å². The predicted octanol–water partition coefficient (Wildman–Crippen LogP) is 1.61. The summed E-state index contributed by atoms with van der Waals surface area (Å²) in [6, 6.07) is 0. The van der Waals surface area contributed by atoms with Gasteiger partial charge in [0, 0.05) is 13.3 Å². The van der Waals surface area contributed by atoms with Gasteiger partial charge in [-0.25, -0.2) is 18.7 Å². The zero-order valence-corrected chi connectivity index (χ0v) is 14.6. The van der Waals surface area contributed by atoms with Gasteiger partial charge in [0.25, 0.3) is 0 Å². The van der Waals surface area contributed by atoms with Crippen molar-refractivity contribution >= 4 is 23.0 Å². The zero-order chi connectivity index (χ0) is 18.8. The molecule has 1 N–H and O–H groups in total. The van der Waals surface area contributed by atoms with Crippen LogP contribution in [0.25, 0.3) is 11.2 Å². The second-order valence-corrected chi connectivity index (χ2v) is 6.20. The number of anilines is 1. The fourth-order valence-electron chi connectivity index (χ4n) is 3.17. The Morgan fingerprint density at radius 2 is 2.35 bits per heavy atom. The average molecular weight is 361 g/mol. The highest BCUT2D eigenvalue weighted by Gasteiger charge is 2.38. The summed E-state index contributed by atoms with van der Waals surface area (Å²) in [7, 11) is 0. The number of hydrogen-bond acceptors (Lipinski definition) is 5. The van der Waals surface area contributed by atoms with Gasteiger partial charge in [0.1, 0.15) is 17.9 Å². The number of amides is 1. The van der Waals surface area contributed by atoms with E-state index in [1.807, 2.05) is 6.92 Å². The third-order valence-corrected chi connectivity index (χ3v) is 4.27. The molecule has 0 radical (unpaired) electrons. The maximum atomic E-state index is 14.3. The van der Waals surface area contributed by atoms with Crippen molar-refractivity contribution in [3.8, 4) is 12.3 Å². The van der Waals surface area contributed by atoms with Crippen molar-refractivity contribution in [1.82, 2.24) is 19.1 Å². The summed E-state index contributed by atoms with van der Waals surface area (Å²) in [4.78, 5) is 32.4. The fourth-order valence-corrected chi connectivity index (χ4v) is 3.17. The molecule has 2 aromatic heterocycles. The van der Waals surface area contributed by atoms with Gasteiger partial charge in [-0.1, -0.05) is 19.3 Å². The van der Waals surface area contributed by atoms with E-state index in [1.54, 1.807) is 0 Å². The molecule has 3 heterocycles. The highest BCUT2D eigenvalue weighted by atomic mass is 19.1. The maximum absolute atomic E-state index is 14.3. The van der Waals surface area contributed by atoms with Crippen LogP contribution in [-0.4, -0.2) is 37.3 Å². The number of rotatable bonds is 5. The molecule has 1 fully saturated rings. The number of hydrogen-bond donors (Lipinski definition) is 1. The molecule has 0 saturated carbocycles. The second kappa shape index (κ2) is 7.25. The molecule has 0 spiro atoms. The van der Waals surface area contributed by atoms with E-state index in [2.05, 4.69) is 21.2 Å². The summed E-state index contributed by atoms with van der Waals surface area (Å²) in [5, 5.41) is 2.47. The minimum Gasteiger partial charge on any atom is -0.351 e. The number of nitrogens with zero attached hydrogens (tertiary/aromatic N) is 4. The molecule has 0 aromatic carbocycles. The Morgan fingerprint density at radius 3 is 3.00 bits per heavy atom. The molecule has 3 rings (SSSR count). The van der Waals surface area contributed by atoms with Gasteiger partial charge in [0.2, 0.25) is 11.9 Å². The minimum absolute atomic E-state index is 0.0232. The van der Waals surface area contributed by atoms with Gasteiger partial charge < -0.3 is 4.74 Å². The first-order chi connectivity index (χ1) is 12.5. The number of alkyl halides is 1. The molecule has 0 bridgehead atoms. The summed E-state index contributed by atoms with van der Waals surface area (Å²) in [6.07, 6.45) is 5.67. The van der Waals surface area contributed by atoms with E-state index in [0.717, 1.165) is 6.42 Å². The van der Waals surface area contributed by atoms with Crippen molar-refractivity contribution in [3.63, 3.8) is 0 Å². The van der Waals surface area contributed by atoms with Crippen molar-refractivity contribution in [2.75, 3.05) is 5.32 Å². The lowest BCUT2D eigenvalue weighted by Crippen LogP contribution is -2.28. The molecule has 3 unspecified atom stereocenters. The lowest BCUT2D eigenvalue weighted by molar-refractivity contribution is -0.114. The number of aromatic nitrogens is 4. The van der Waals surface area contributed by atoms with Crippen molar-refractivity contribution in [2.45, 2.75) is 58.2 Å². The highest BCUT2D eigenvalue weighted by molar-refractivity contribution is 5.87. The van der Waals surface area contributed by atoms with E-state index in [0.29, 0.717) is 11.9 Å². The third-order valence-electron chi connectivity index (χ3n) is 4.27. The molecule has 26 heavy (non-hydrogen) atoms. The van der Waals surface area contributed by atoms with Gasteiger partial charge in [0.15, 0.2) is 5.65 Å². The van der Waals surface area contributed by atoms with Gasteiger partial charge in [0.05, 0.1) is 18.8 Å². The van der Waals surface area contributed by atoms with Crippen molar-refractivity contribution in [1.29, 1.82) is 0 Å². The van der Waals surface area contributed by atoms with E-state index in [4.69, 9.17) is 11.2 Å². The van der Waals surface area contributed by atoms with Crippen molar-refractivity contribution in [3.05, 3.63) is 16.7 Å². The van der Waals surface area contributed by atoms with Crippen LogP contribution in [0.2, 0.25) is 0 Å². The smallest absolute Gasteiger partial charge is 0.333 e. The minimum atomic E-state index is -1.16. The Morgan fingerprint density at radius 1 is 1.58 bits per heavy atom. The van der Waals surface area contributed by atoms with Crippen LogP contribution in [0.15, 0.2) is 11.0 Å². The number of nitrogens with one attached hydrogen (secondary N) is 1.